The summed E-state index contributed by atoms with van der Waals surface area (Å²) >= 11 is 0. The first kappa shape index (κ1) is 12.0. The summed E-state index contributed by atoms with van der Waals surface area (Å²) in [5.41, 5.74) is 0. The van der Waals surface area contributed by atoms with Gasteiger partial charge in [0.05, 0.1) is 6.42 Å². The smallest absolute Gasteiger partial charge is 0.142 e. The minimum absolute atomic E-state index is 0.0301. The fourth-order valence-electron chi connectivity index (χ4n) is 0.965. The van der Waals surface area contributed by atoms with Crippen LogP contribution in [0.15, 0.2) is 12.7 Å². The van der Waals surface area contributed by atoms with E-state index in [2.05, 4.69) is 6.58 Å². The Balaban J connectivity index is 3.49. The van der Waals surface area contributed by atoms with E-state index in [0.717, 1.165) is 12.8 Å². The monoisotopic (exact) mass is 184 g/mol. The molecule has 74 valence electrons. The van der Waals surface area contributed by atoms with Crippen LogP contribution < -0.4 is 0 Å². The van der Waals surface area contributed by atoms with E-state index in [1.54, 1.807) is 6.08 Å². The van der Waals surface area contributed by atoms with Crippen LogP contribution in [0.4, 0.5) is 0 Å². The van der Waals surface area contributed by atoms with E-state index in [1.807, 2.05) is 0 Å². The van der Waals surface area contributed by atoms with Gasteiger partial charge in [0, 0.05) is 19.4 Å². The molecule has 13 heavy (non-hydrogen) atoms. The first-order chi connectivity index (χ1) is 6.20. The van der Waals surface area contributed by atoms with Crippen LogP contribution in [0.5, 0.6) is 0 Å². The standard InChI is InChI=1S/C10H16O3/c1-2-3-4-5-9(12)8-10(13)6-7-11/h2,11H,1,3-8H2. The second-order valence-electron chi connectivity index (χ2n) is 2.91. The van der Waals surface area contributed by atoms with Crippen LogP contribution in [-0.2, 0) is 9.59 Å². The minimum atomic E-state index is -0.175. The molecule has 0 bridgehead atoms. The van der Waals surface area contributed by atoms with Crippen molar-refractivity contribution in [1.82, 2.24) is 0 Å². The molecule has 0 atom stereocenters. The van der Waals surface area contributed by atoms with Crippen LogP contribution in [0.2, 0.25) is 0 Å². The molecule has 0 spiro atoms. The van der Waals surface area contributed by atoms with Crippen molar-refractivity contribution in [2.45, 2.75) is 32.1 Å². The molecule has 0 unspecified atom stereocenters. The van der Waals surface area contributed by atoms with Crippen molar-refractivity contribution in [1.29, 1.82) is 0 Å². The summed E-state index contributed by atoms with van der Waals surface area (Å²) in [6.07, 6.45) is 3.81. The van der Waals surface area contributed by atoms with Crippen molar-refractivity contribution < 1.29 is 14.7 Å². The van der Waals surface area contributed by atoms with E-state index in [9.17, 15) is 9.59 Å². The summed E-state index contributed by atoms with van der Waals surface area (Å²) in [6.45, 7) is 3.37. The average Bonchev–Trinajstić information content (AvgIpc) is 2.05. The van der Waals surface area contributed by atoms with Gasteiger partial charge >= 0.3 is 0 Å². The molecule has 0 fully saturated rings. The molecule has 0 aliphatic rings. The third-order valence-electron chi connectivity index (χ3n) is 1.65. The van der Waals surface area contributed by atoms with Crippen molar-refractivity contribution in [2.75, 3.05) is 6.61 Å². The van der Waals surface area contributed by atoms with Crippen LogP contribution in [-0.4, -0.2) is 23.3 Å². The normalized spacial score (nSPS) is 9.62. The molecule has 1 N–H and O–H groups in total. The summed E-state index contributed by atoms with van der Waals surface area (Å²) in [4.78, 5) is 22.0. The molecule has 0 radical (unpaired) electrons. The minimum Gasteiger partial charge on any atom is -0.396 e. The maximum atomic E-state index is 11.1. The SMILES string of the molecule is C=CCCCC(=O)CC(=O)CCO. The van der Waals surface area contributed by atoms with Gasteiger partial charge in [0.25, 0.3) is 0 Å². The van der Waals surface area contributed by atoms with E-state index in [-0.39, 0.29) is 31.0 Å². The van der Waals surface area contributed by atoms with Crippen molar-refractivity contribution in [3.63, 3.8) is 0 Å². The number of allylic oxidation sites excluding steroid dienone is 1. The molecule has 3 heteroatoms. The number of carbonyl (C=O) groups is 2. The van der Waals surface area contributed by atoms with Crippen molar-refractivity contribution >= 4 is 11.6 Å². The summed E-state index contributed by atoms with van der Waals surface area (Å²) in [6, 6.07) is 0. The number of aliphatic hydroxyl groups is 1. The van der Waals surface area contributed by atoms with E-state index < -0.39 is 0 Å². The molecule has 0 amide bonds. The second kappa shape index (κ2) is 7.68. The van der Waals surface area contributed by atoms with E-state index in [0.29, 0.717) is 6.42 Å². The van der Waals surface area contributed by atoms with Gasteiger partial charge in [0.1, 0.15) is 11.6 Å². The summed E-state index contributed by atoms with van der Waals surface area (Å²) in [7, 11) is 0. The van der Waals surface area contributed by atoms with Crippen LogP contribution in [0, 0.1) is 0 Å². The average molecular weight is 184 g/mol. The Morgan fingerprint density at radius 2 is 1.85 bits per heavy atom. The third-order valence-corrected chi connectivity index (χ3v) is 1.65. The predicted molar refractivity (Wildman–Crippen MR) is 50.4 cm³/mol. The Labute approximate surface area is 78.5 Å². The highest BCUT2D eigenvalue weighted by Gasteiger charge is 2.07. The maximum Gasteiger partial charge on any atom is 0.142 e. The Morgan fingerprint density at radius 3 is 2.38 bits per heavy atom. The molecular formula is C10H16O3. The Hall–Kier alpha value is -0.960. The summed E-state index contributed by atoms with van der Waals surface area (Å²) < 4.78 is 0. The lowest BCUT2D eigenvalue weighted by molar-refractivity contribution is -0.127. The van der Waals surface area contributed by atoms with Crippen LogP contribution in [0.1, 0.15) is 32.1 Å². The van der Waals surface area contributed by atoms with Gasteiger partial charge in [0.2, 0.25) is 0 Å². The number of rotatable bonds is 8. The van der Waals surface area contributed by atoms with Crippen LogP contribution in [0.3, 0.4) is 0 Å². The van der Waals surface area contributed by atoms with Gasteiger partial charge in [-0.15, -0.1) is 6.58 Å². The van der Waals surface area contributed by atoms with E-state index >= 15 is 0 Å². The molecule has 0 saturated heterocycles. The van der Waals surface area contributed by atoms with Gasteiger partial charge in [-0.05, 0) is 12.8 Å². The van der Waals surface area contributed by atoms with E-state index in [4.69, 9.17) is 5.11 Å². The molecule has 0 aromatic heterocycles. The number of carbonyl (C=O) groups excluding carboxylic acids is 2. The highest BCUT2D eigenvalue weighted by Crippen LogP contribution is 2.01. The topological polar surface area (TPSA) is 54.4 Å². The van der Waals surface area contributed by atoms with Crippen molar-refractivity contribution in [2.24, 2.45) is 0 Å². The fourth-order valence-corrected chi connectivity index (χ4v) is 0.965. The molecule has 0 aliphatic carbocycles. The number of aliphatic hydroxyl groups excluding tert-OH is 1. The van der Waals surface area contributed by atoms with Gasteiger partial charge < -0.3 is 5.11 Å². The summed E-state index contributed by atoms with van der Waals surface area (Å²) in [5, 5.41) is 8.42. The number of Topliss-reactive ketones (excluding diaryl/α,β-unsaturated/α-hetero) is 2. The number of hydrogen-bond acceptors (Lipinski definition) is 3. The van der Waals surface area contributed by atoms with Crippen molar-refractivity contribution in [3.05, 3.63) is 12.7 Å². The highest BCUT2D eigenvalue weighted by atomic mass is 16.3. The zero-order chi connectivity index (χ0) is 10.1. The number of ketones is 2. The first-order valence-corrected chi connectivity index (χ1v) is 4.46. The van der Waals surface area contributed by atoms with Gasteiger partial charge in [-0.2, -0.15) is 0 Å². The third kappa shape index (κ3) is 7.40. The molecule has 0 heterocycles. The van der Waals surface area contributed by atoms with Crippen molar-refractivity contribution in [3.8, 4) is 0 Å². The fraction of sp³-hybridized carbons (Fsp3) is 0.600. The van der Waals surface area contributed by atoms with E-state index in [1.165, 1.54) is 0 Å². The molecule has 3 nitrogen and oxygen atoms in total. The van der Waals surface area contributed by atoms with Crippen LogP contribution in [0.25, 0.3) is 0 Å². The van der Waals surface area contributed by atoms with Gasteiger partial charge in [-0.1, -0.05) is 6.08 Å². The highest BCUT2D eigenvalue weighted by molar-refractivity contribution is 5.99. The molecule has 0 rings (SSSR count). The lowest BCUT2D eigenvalue weighted by Gasteiger charge is -1.97. The zero-order valence-electron chi connectivity index (χ0n) is 7.79. The molecule has 0 saturated carbocycles. The Morgan fingerprint density at radius 1 is 1.23 bits per heavy atom. The number of hydrogen-bond donors (Lipinski definition) is 1. The maximum absolute atomic E-state index is 11.1. The zero-order valence-corrected chi connectivity index (χ0v) is 7.79. The molecule has 0 aromatic carbocycles. The molecular weight excluding hydrogens is 168 g/mol. The lowest BCUT2D eigenvalue weighted by atomic mass is 10.1. The largest absolute Gasteiger partial charge is 0.396 e. The van der Waals surface area contributed by atoms with Gasteiger partial charge in [-0.3, -0.25) is 9.59 Å². The second-order valence-corrected chi connectivity index (χ2v) is 2.91. The number of unbranched alkanes of at least 4 members (excludes halogenated alkanes) is 1. The Kier molecular flexibility index (Phi) is 7.11. The quantitative estimate of drug-likeness (QED) is 0.351. The summed E-state index contributed by atoms with van der Waals surface area (Å²) in [5.74, 6) is -0.216. The van der Waals surface area contributed by atoms with Gasteiger partial charge in [-0.25, -0.2) is 0 Å². The predicted octanol–water partition coefficient (Wildman–Crippen LogP) is 1.25. The first-order valence-electron chi connectivity index (χ1n) is 4.46. The van der Waals surface area contributed by atoms with Crippen LogP contribution >= 0.6 is 0 Å². The molecule has 0 aliphatic heterocycles. The molecule has 0 aromatic rings. The Bertz CT molecular complexity index is 185. The lowest BCUT2D eigenvalue weighted by Crippen LogP contribution is -2.08. The van der Waals surface area contributed by atoms with Gasteiger partial charge in [0.15, 0.2) is 0 Å².